The van der Waals surface area contributed by atoms with Gasteiger partial charge in [0.05, 0.1) is 4.34 Å². The van der Waals surface area contributed by atoms with Gasteiger partial charge in [-0.25, -0.2) is 8.42 Å². The third-order valence-electron chi connectivity index (χ3n) is 2.56. The Balaban J connectivity index is 1.89. The largest absolute Gasteiger partial charge is 0.460 e. The molecule has 9 heteroatoms. The van der Waals surface area contributed by atoms with Crippen LogP contribution in [0.3, 0.4) is 0 Å². The van der Waals surface area contributed by atoms with Crippen molar-refractivity contribution in [3.8, 4) is 0 Å². The molecule has 0 aliphatic rings. The molecule has 0 aliphatic carbocycles. The van der Waals surface area contributed by atoms with Gasteiger partial charge in [0, 0.05) is 0 Å². The molecule has 22 heavy (non-hydrogen) atoms. The summed E-state index contributed by atoms with van der Waals surface area (Å²) in [5, 5.41) is 0. The highest BCUT2D eigenvalue weighted by atomic mass is 35.5. The van der Waals surface area contributed by atoms with Gasteiger partial charge in [0.15, 0.2) is 0 Å². The van der Waals surface area contributed by atoms with Crippen LogP contribution in [0.4, 0.5) is 0 Å². The molecule has 5 nitrogen and oxygen atoms in total. The first-order chi connectivity index (χ1) is 10.4. The zero-order chi connectivity index (χ0) is 16.2. The maximum absolute atomic E-state index is 12.0. The smallest absolute Gasteiger partial charge is 0.321 e. The van der Waals surface area contributed by atoms with Crippen molar-refractivity contribution < 1.29 is 17.9 Å². The summed E-state index contributed by atoms with van der Waals surface area (Å²) in [4.78, 5) is 11.4. The highest BCUT2D eigenvalue weighted by Gasteiger charge is 2.22. The SMILES string of the molecule is O=C(CNS(=O)(=O)c1cc(Cl)sc1Cl)OCc1ccccc1. The van der Waals surface area contributed by atoms with Crippen molar-refractivity contribution in [2.45, 2.75) is 11.5 Å². The minimum atomic E-state index is -3.90. The minimum Gasteiger partial charge on any atom is -0.460 e. The average Bonchev–Trinajstić information content (AvgIpc) is 2.84. The number of sulfonamides is 1. The van der Waals surface area contributed by atoms with Crippen LogP contribution in [0.25, 0.3) is 0 Å². The second kappa shape index (κ2) is 7.43. The predicted molar refractivity (Wildman–Crippen MR) is 85.8 cm³/mol. The fourth-order valence-corrected chi connectivity index (χ4v) is 4.65. The van der Waals surface area contributed by atoms with Crippen LogP contribution in [0, 0.1) is 0 Å². The molecular weight excluding hydrogens is 369 g/mol. The van der Waals surface area contributed by atoms with Gasteiger partial charge in [0.1, 0.15) is 22.4 Å². The van der Waals surface area contributed by atoms with Gasteiger partial charge in [0.2, 0.25) is 10.0 Å². The van der Waals surface area contributed by atoms with Gasteiger partial charge in [0.25, 0.3) is 0 Å². The zero-order valence-corrected chi connectivity index (χ0v) is 14.2. The molecule has 0 amide bonds. The summed E-state index contributed by atoms with van der Waals surface area (Å²) in [6.07, 6.45) is 0. The van der Waals surface area contributed by atoms with E-state index < -0.39 is 22.5 Å². The van der Waals surface area contributed by atoms with Crippen molar-refractivity contribution in [1.29, 1.82) is 0 Å². The zero-order valence-electron chi connectivity index (χ0n) is 11.1. The van der Waals surface area contributed by atoms with E-state index in [1.54, 1.807) is 12.1 Å². The Labute approximate surface area is 141 Å². The van der Waals surface area contributed by atoms with Crippen LogP contribution in [0.1, 0.15) is 5.56 Å². The topological polar surface area (TPSA) is 72.5 Å². The van der Waals surface area contributed by atoms with Crippen molar-refractivity contribution in [2.24, 2.45) is 0 Å². The predicted octanol–water partition coefficient (Wildman–Crippen LogP) is 3.08. The van der Waals surface area contributed by atoms with Gasteiger partial charge < -0.3 is 4.74 Å². The Bertz CT molecular complexity index is 760. The van der Waals surface area contributed by atoms with Gasteiger partial charge in [-0.2, -0.15) is 4.72 Å². The Kier molecular flexibility index (Phi) is 5.82. The van der Waals surface area contributed by atoms with Crippen LogP contribution in [-0.2, 0) is 26.2 Å². The van der Waals surface area contributed by atoms with Crippen molar-refractivity contribution in [2.75, 3.05) is 6.54 Å². The molecule has 0 saturated heterocycles. The normalized spacial score (nSPS) is 11.4. The van der Waals surface area contributed by atoms with Crippen LogP contribution in [0.5, 0.6) is 0 Å². The van der Waals surface area contributed by atoms with Gasteiger partial charge in [-0.3, -0.25) is 4.79 Å². The van der Waals surface area contributed by atoms with Crippen molar-refractivity contribution >= 4 is 50.5 Å². The summed E-state index contributed by atoms with van der Waals surface area (Å²) in [5.74, 6) is -0.690. The molecule has 1 aromatic heterocycles. The standard InChI is InChI=1S/C13H11Cl2NO4S2/c14-11-6-10(13(15)21-11)22(18,19)16-7-12(17)20-8-9-4-2-1-3-5-9/h1-6,16H,7-8H2. The monoisotopic (exact) mass is 379 g/mol. The first-order valence-electron chi connectivity index (χ1n) is 6.02. The summed E-state index contributed by atoms with van der Waals surface area (Å²) < 4.78 is 31.4. The molecule has 0 aliphatic heterocycles. The second-order valence-electron chi connectivity index (χ2n) is 4.16. The van der Waals surface area contributed by atoms with Crippen molar-refractivity contribution in [3.05, 3.63) is 50.6 Å². The first-order valence-corrected chi connectivity index (χ1v) is 9.08. The molecule has 0 fully saturated rings. The molecule has 2 aromatic rings. The second-order valence-corrected chi connectivity index (χ2v) is 8.18. The lowest BCUT2D eigenvalue weighted by atomic mass is 10.2. The third kappa shape index (κ3) is 4.69. The molecule has 2 rings (SSSR count). The Morgan fingerprint density at radius 1 is 1.23 bits per heavy atom. The summed E-state index contributed by atoms with van der Waals surface area (Å²) >= 11 is 12.4. The Morgan fingerprint density at radius 2 is 1.91 bits per heavy atom. The van der Waals surface area contributed by atoms with E-state index in [4.69, 9.17) is 27.9 Å². The fourth-order valence-electron chi connectivity index (χ4n) is 1.53. The van der Waals surface area contributed by atoms with Crippen LogP contribution in [0.2, 0.25) is 8.67 Å². The quantitative estimate of drug-likeness (QED) is 0.782. The molecule has 0 unspecified atom stereocenters. The van der Waals surface area contributed by atoms with Gasteiger partial charge in [-0.05, 0) is 11.6 Å². The minimum absolute atomic E-state index is 0.0372. The maximum atomic E-state index is 12.0. The summed E-state index contributed by atoms with van der Waals surface area (Å²) in [7, 11) is -3.90. The van der Waals surface area contributed by atoms with E-state index in [9.17, 15) is 13.2 Å². The number of benzene rings is 1. The average molecular weight is 380 g/mol. The number of ether oxygens (including phenoxy) is 1. The third-order valence-corrected chi connectivity index (χ3v) is 5.72. The number of carbonyl (C=O) groups is 1. The molecular formula is C13H11Cl2NO4S2. The number of nitrogens with one attached hydrogen (secondary N) is 1. The number of thiophene rings is 1. The van der Waals surface area contributed by atoms with Crippen LogP contribution in [-0.4, -0.2) is 20.9 Å². The number of carbonyl (C=O) groups excluding carboxylic acids is 1. The lowest BCUT2D eigenvalue weighted by Gasteiger charge is -2.07. The van der Waals surface area contributed by atoms with E-state index in [2.05, 4.69) is 4.72 Å². The number of hydrogen-bond donors (Lipinski definition) is 1. The highest BCUT2D eigenvalue weighted by Crippen LogP contribution is 2.33. The van der Waals surface area contributed by atoms with Gasteiger partial charge in [-0.15, -0.1) is 11.3 Å². The number of hydrogen-bond acceptors (Lipinski definition) is 5. The number of esters is 1. The highest BCUT2D eigenvalue weighted by molar-refractivity contribution is 7.89. The maximum Gasteiger partial charge on any atom is 0.321 e. The number of rotatable bonds is 6. The van der Waals surface area contributed by atoms with E-state index in [1.165, 1.54) is 6.07 Å². The summed E-state index contributed by atoms with van der Waals surface area (Å²) in [6, 6.07) is 10.3. The molecule has 0 radical (unpaired) electrons. The Morgan fingerprint density at radius 3 is 2.50 bits per heavy atom. The molecule has 118 valence electrons. The van der Waals surface area contributed by atoms with Crippen LogP contribution in [0.15, 0.2) is 41.3 Å². The summed E-state index contributed by atoms with van der Waals surface area (Å²) in [6.45, 7) is -0.411. The van der Waals surface area contributed by atoms with Gasteiger partial charge >= 0.3 is 5.97 Å². The first kappa shape index (κ1) is 17.2. The molecule has 1 aromatic carbocycles. The Hall–Kier alpha value is -1.12. The number of halogens is 2. The molecule has 1 heterocycles. The van der Waals surface area contributed by atoms with E-state index in [0.717, 1.165) is 16.9 Å². The molecule has 0 bridgehead atoms. The molecule has 0 spiro atoms. The lowest BCUT2D eigenvalue weighted by molar-refractivity contribution is -0.143. The van der Waals surface area contributed by atoms with Crippen molar-refractivity contribution in [3.63, 3.8) is 0 Å². The van der Waals surface area contributed by atoms with Gasteiger partial charge in [-0.1, -0.05) is 53.5 Å². The van der Waals surface area contributed by atoms with E-state index in [-0.39, 0.29) is 20.2 Å². The summed E-state index contributed by atoms with van der Waals surface area (Å²) in [5.41, 5.74) is 0.811. The fraction of sp³-hybridized carbons (Fsp3) is 0.154. The van der Waals surface area contributed by atoms with E-state index in [1.807, 2.05) is 18.2 Å². The molecule has 0 saturated carbocycles. The van der Waals surface area contributed by atoms with Crippen molar-refractivity contribution in [1.82, 2.24) is 4.72 Å². The van der Waals surface area contributed by atoms with Crippen LogP contribution >= 0.6 is 34.5 Å². The molecule has 1 N–H and O–H groups in total. The van der Waals surface area contributed by atoms with Crippen LogP contribution < -0.4 is 4.72 Å². The van der Waals surface area contributed by atoms with E-state index in [0.29, 0.717) is 0 Å². The van der Waals surface area contributed by atoms with E-state index >= 15 is 0 Å². The molecule has 0 atom stereocenters. The lowest BCUT2D eigenvalue weighted by Crippen LogP contribution is -2.30.